The highest BCUT2D eigenvalue weighted by atomic mass is 127. The van der Waals surface area contributed by atoms with Crippen molar-refractivity contribution in [3.05, 3.63) is 31.9 Å². The zero-order valence-electron chi connectivity index (χ0n) is 10.2. The third-order valence-corrected chi connectivity index (χ3v) is 4.04. The van der Waals surface area contributed by atoms with E-state index < -0.39 is 0 Å². The average Bonchev–Trinajstić information content (AvgIpc) is 2.27. The molecule has 1 fully saturated rings. The van der Waals surface area contributed by atoms with Crippen molar-refractivity contribution in [1.29, 1.82) is 0 Å². The summed E-state index contributed by atoms with van der Waals surface area (Å²) in [5, 5.41) is 10.7. The number of non-ortho nitro benzene ring substituents is 1. The Morgan fingerprint density at radius 2 is 2.22 bits per heavy atom. The summed E-state index contributed by atoms with van der Waals surface area (Å²) in [6, 6.07) is 5.17. The average molecular weight is 361 g/mol. The molecule has 1 aliphatic rings. The van der Waals surface area contributed by atoms with E-state index >= 15 is 0 Å². The van der Waals surface area contributed by atoms with Gasteiger partial charge in [0, 0.05) is 34.8 Å². The molecule has 1 aromatic rings. The van der Waals surface area contributed by atoms with Gasteiger partial charge in [0.1, 0.15) is 0 Å². The number of rotatable bonds is 2. The number of anilines is 1. The molecule has 5 nitrogen and oxygen atoms in total. The van der Waals surface area contributed by atoms with Gasteiger partial charge in [-0.25, -0.2) is 0 Å². The second kappa shape index (κ2) is 5.40. The molecule has 98 valence electrons. The van der Waals surface area contributed by atoms with Gasteiger partial charge in [0.15, 0.2) is 0 Å². The van der Waals surface area contributed by atoms with Crippen LogP contribution < -0.4 is 10.6 Å². The fourth-order valence-electron chi connectivity index (χ4n) is 2.46. The molecule has 0 amide bonds. The molecule has 1 heterocycles. The van der Waals surface area contributed by atoms with Crippen LogP contribution in [0.3, 0.4) is 0 Å². The van der Waals surface area contributed by atoms with Crippen molar-refractivity contribution in [2.24, 2.45) is 11.7 Å². The molecule has 0 saturated carbocycles. The van der Waals surface area contributed by atoms with Gasteiger partial charge in [0.05, 0.1) is 10.6 Å². The van der Waals surface area contributed by atoms with Crippen LogP contribution in [0.1, 0.15) is 13.3 Å². The van der Waals surface area contributed by atoms with Crippen molar-refractivity contribution in [2.45, 2.75) is 19.4 Å². The second-order valence-corrected chi connectivity index (χ2v) is 6.06. The molecule has 2 rings (SSSR count). The van der Waals surface area contributed by atoms with E-state index in [0.717, 1.165) is 28.8 Å². The lowest BCUT2D eigenvalue weighted by atomic mass is 9.96. The maximum absolute atomic E-state index is 10.7. The zero-order chi connectivity index (χ0) is 13.3. The Morgan fingerprint density at radius 3 is 2.78 bits per heavy atom. The van der Waals surface area contributed by atoms with Crippen LogP contribution in [0.25, 0.3) is 0 Å². The molecule has 0 bridgehead atoms. The molecule has 0 radical (unpaired) electrons. The number of benzene rings is 1. The molecule has 18 heavy (non-hydrogen) atoms. The zero-order valence-corrected chi connectivity index (χ0v) is 12.3. The molecule has 2 unspecified atom stereocenters. The number of nitro groups is 1. The highest BCUT2D eigenvalue weighted by Crippen LogP contribution is 2.29. The molecule has 1 saturated heterocycles. The van der Waals surface area contributed by atoms with E-state index in [1.54, 1.807) is 12.1 Å². The first kappa shape index (κ1) is 13.5. The van der Waals surface area contributed by atoms with E-state index in [2.05, 4.69) is 34.4 Å². The standard InChI is InChI=1S/C12H16IN3O2/c1-8-4-9(14)7-15(6-8)12-3-2-10(16(17)18)5-11(12)13/h2-3,5,8-9H,4,6-7,14H2,1H3. The predicted molar refractivity (Wildman–Crippen MR) is 79.8 cm³/mol. The fraction of sp³-hybridized carbons (Fsp3) is 0.500. The van der Waals surface area contributed by atoms with E-state index in [9.17, 15) is 10.1 Å². The van der Waals surface area contributed by atoms with E-state index in [1.165, 1.54) is 0 Å². The maximum Gasteiger partial charge on any atom is 0.270 e. The minimum Gasteiger partial charge on any atom is -0.369 e. The van der Waals surface area contributed by atoms with Crippen molar-refractivity contribution < 1.29 is 4.92 Å². The van der Waals surface area contributed by atoms with Gasteiger partial charge in [-0.3, -0.25) is 10.1 Å². The first-order chi connectivity index (χ1) is 8.47. The van der Waals surface area contributed by atoms with Gasteiger partial charge < -0.3 is 10.6 Å². The van der Waals surface area contributed by atoms with Gasteiger partial charge in [-0.2, -0.15) is 0 Å². The van der Waals surface area contributed by atoms with Crippen LogP contribution in [0, 0.1) is 19.6 Å². The molecular weight excluding hydrogens is 345 g/mol. The van der Waals surface area contributed by atoms with Crippen LogP contribution in [0.2, 0.25) is 0 Å². The highest BCUT2D eigenvalue weighted by Gasteiger charge is 2.24. The van der Waals surface area contributed by atoms with E-state index in [4.69, 9.17) is 5.73 Å². The monoisotopic (exact) mass is 361 g/mol. The Kier molecular flexibility index (Phi) is 4.06. The fourth-order valence-corrected chi connectivity index (χ4v) is 3.30. The van der Waals surface area contributed by atoms with Crippen molar-refractivity contribution in [3.63, 3.8) is 0 Å². The Morgan fingerprint density at radius 1 is 1.50 bits per heavy atom. The largest absolute Gasteiger partial charge is 0.369 e. The lowest BCUT2D eigenvalue weighted by Crippen LogP contribution is -2.46. The lowest BCUT2D eigenvalue weighted by Gasteiger charge is -2.36. The van der Waals surface area contributed by atoms with E-state index in [0.29, 0.717) is 5.92 Å². The summed E-state index contributed by atoms with van der Waals surface area (Å²) in [6.45, 7) is 3.96. The minimum absolute atomic E-state index is 0.137. The predicted octanol–water partition coefficient (Wildman–Crippen LogP) is 2.37. The molecule has 2 atom stereocenters. The normalized spacial score (nSPS) is 24.1. The van der Waals surface area contributed by atoms with Gasteiger partial charge in [-0.05, 0) is 41.0 Å². The summed E-state index contributed by atoms with van der Waals surface area (Å²) in [5.41, 5.74) is 7.21. The SMILES string of the molecule is CC1CC(N)CN(c2ccc([N+](=O)[O-])cc2I)C1. The van der Waals surface area contributed by atoms with Gasteiger partial charge in [0.2, 0.25) is 0 Å². The number of nitrogens with two attached hydrogens (primary N) is 1. The molecule has 2 N–H and O–H groups in total. The number of hydrogen-bond acceptors (Lipinski definition) is 4. The first-order valence-corrected chi connectivity index (χ1v) is 6.99. The quantitative estimate of drug-likeness (QED) is 0.499. The number of nitrogens with zero attached hydrogens (tertiary/aromatic N) is 2. The topological polar surface area (TPSA) is 72.4 Å². The number of hydrogen-bond donors (Lipinski definition) is 1. The number of nitro benzene ring substituents is 1. The van der Waals surface area contributed by atoms with E-state index in [-0.39, 0.29) is 16.7 Å². The summed E-state index contributed by atoms with van der Waals surface area (Å²) in [5.74, 6) is 0.555. The first-order valence-electron chi connectivity index (χ1n) is 5.92. The third kappa shape index (κ3) is 2.92. The second-order valence-electron chi connectivity index (χ2n) is 4.90. The summed E-state index contributed by atoms with van der Waals surface area (Å²) < 4.78 is 0.906. The van der Waals surface area contributed by atoms with E-state index in [1.807, 2.05) is 6.07 Å². The summed E-state index contributed by atoms with van der Waals surface area (Å²) in [6.07, 6.45) is 1.04. The molecule has 1 aromatic carbocycles. The Balaban J connectivity index is 2.25. The number of piperidine rings is 1. The molecule has 0 aromatic heterocycles. The highest BCUT2D eigenvalue weighted by molar-refractivity contribution is 14.1. The maximum atomic E-state index is 10.7. The third-order valence-electron chi connectivity index (χ3n) is 3.17. The van der Waals surface area contributed by atoms with Crippen LogP contribution in [-0.4, -0.2) is 24.1 Å². The molecule has 6 heteroatoms. The van der Waals surface area contributed by atoms with Crippen LogP contribution in [0.5, 0.6) is 0 Å². The smallest absolute Gasteiger partial charge is 0.270 e. The summed E-state index contributed by atoms with van der Waals surface area (Å²) in [7, 11) is 0. The van der Waals surface area contributed by atoms with Crippen LogP contribution in [-0.2, 0) is 0 Å². The summed E-state index contributed by atoms with van der Waals surface area (Å²) in [4.78, 5) is 12.6. The van der Waals surface area contributed by atoms with Gasteiger partial charge in [-0.15, -0.1) is 0 Å². The van der Waals surface area contributed by atoms with Crippen molar-refractivity contribution in [3.8, 4) is 0 Å². The lowest BCUT2D eigenvalue weighted by molar-refractivity contribution is -0.384. The Hall–Kier alpha value is -0.890. The van der Waals surface area contributed by atoms with Crippen molar-refractivity contribution in [2.75, 3.05) is 18.0 Å². The van der Waals surface area contributed by atoms with Gasteiger partial charge in [-0.1, -0.05) is 6.92 Å². The molecule has 1 aliphatic heterocycles. The van der Waals surface area contributed by atoms with Crippen LogP contribution in [0.15, 0.2) is 18.2 Å². The Labute approximate surface area is 120 Å². The molecular formula is C12H16IN3O2. The van der Waals surface area contributed by atoms with Crippen molar-refractivity contribution >= 4 is 34.0 Å². The van der Waals surface area contributed by atoms with Crippen molar-refractivity contribution in [1.82, 2.24) is 0 Å². The van der Waals surface area contributed by atoms with Gasteiger partial charge in [0.25, 0.3) is 5.69 Å². The van der Waals surface area contributed by atoms with Crippen LogP contribution >= 0.6 is 22.6 Å². The Bertz CT molecular complexity index is 457. The number of halogens is 1. The molecule has 0 aliphatic carbocycles. The minimum atomic E-state index is -0.365. The molecule has 0 spiro atoms. The van der Waals surface area contributed by atoms with Crippen LogP contribution in [0.4, 0.5) is 11.4 Å². The summed E-state index contributed by atoms with van der Waals surface area (Å²) >= 11 is 2.15. The van der Waals surface area contributed by atoms with Gasteiger partial charge >= 0.3 is 0 Å².